The number of imidazole rings is 1. The van der Waals surface area contributed by atoms with E-state index >= 15 is 0 Å². The second-order valence-electron chi connectivity index (χ2n) is 12.4. The van der Waals surface area contributed by atoms with E-state index in [1.165, 1.54) is 0 Å². The van der Waals surface area contributed by atoms with E-state index in [4.69, 9.17) is 4.74 Å². The lowest BCUT2D eigenvalue weighted by atomic mass is 9.77. The minimum absolute atomic E-state index is 0.00816. The highest BCUT2D eigenvalue weighted by Gasteiger charge is 2.47. The summed E-state index contributed by atoms with van der Waals surface area (Å²) in [4.78, 5) is 30.1. The van der Waals surface area contributed by atoms with Gasteiger partial charge in [-0.25, -0.2) is 14.6 Å². The van der Waals surface area contributed by atoms with Crippen LogP contribution in [0.2, 0.25) is 0 Å². The molecule has 47 heavy (non-hydrogen) atoms. The molecule has 0 spiro atoms. The first kappa shape index (κ1) is 30.2. The molecule has 7 nitrogen and oxygen atoms in total. The van der Waals surface area contributed by atoms with Crippen LogP contribution in [-0.4, -0.2) is 39.4 Å². The third kappa shape index (κ3) is 5.74. The van der Waals surface area contributed by atoms with E-state index in [2.05, 4.69) is 95.3 Å². The average Bonchev–Trinajstić information content (AvgIpc) is 3.71. The number of carbonyl (C=O) groups excluding carboxylic acids is 1. The van der Waals surface area contributed by atoms with Crippen molar-refractivity contribution in [2.75, 3.05) is 6.61 Å². The quantitative estimate of drug-likeness (QED) is 0.190. The van der Waals surface area contributed by atoms with Crippen LogP contribution in [0.15, 0.2) is 152 Å². The van der Waals surface area contributed by atoms with E-state index in [1.807, 2.05) is 65.4 Å². The Morgan fingerprint density at radius 3 is 1.68 bits per heavy atom. The molecule has 5 atom stereocenters. The predicted octanol–water partition coefficient (Wildman–Crippen LogP) is 6.79. The Hall–Kier alpha value is -5.43. The highest BCUT2D eigenvalue weighted by atomic mass is 16.5. The van der Waals surface area contributed by atoms with Crippen molar-refractivity contribution in [3.63, 3.8) is 0 Å². The number of hydrogen-bond acceptors (Lipinski definition) is 4. The first-order chi connectivity index (χ1) is 23.1. The summed E-state index contributed by atoms with van der Waals surface area (Å²) < 4.78 is 7.75. The molecule has 7 heteroatoms. The number of nitrogens with zero attached hydrogens (tertiary/aromatic N) is 2. The van der Waals surface area contributed by atoms with Gasteiger partial charge in [0.1, 0.15) is 11.6 Å². The lowest BCUT2D eigenvalue weighted by Gasteiger charge is -2.37. The lowest BCUT2D eigenvalue weighted by molar-refractivity contribution is -0.139. The molecule has 7 rings (SSSR count). The SMILES string of the molecule is O=C(NC(Cc1cn(C(c2ccccc2)(c2ccccc2)c2ccccc2)cn1)C(=O)O)OCC1C2C=CC=CC2C2C=CC=CC21. The molecule has 0 saturated heterocycles. The van der Waals surface area contributed by atoms with Crippen molar-refractivity contribution in [2.45, 2.75) is 18.0 Å². The number of allylic oxidation sites excluding steroid dienone is 8. The van der Waals surface area contributed by atoms with Gasteiger partial charge in [0.15, 0.2) is 0 Å². The largest absolute Gasteiger partial charge is 0.480 e. The van der Waals surface area contributed by atoms with Crippen LogP contribution < -0.4 is 5.32 Å². The first-order valence-electron chi connectivity index (χ1n) is 16.1. The molecule has 1 saturated carbocycles. The summed E-state index contributed by atoms with van der Waals surface area (Å²) in [5.74, 6) is 0.193. The number of ether oxygens (including phenoxy) is 1. The number of aliphatic carboxylic acids is 1. The maximum absolute atomic E-state index is 13.1. The van der Waals surface area contributed by atoms with Crippen molar-refractivity contribution >= 4 is 12.1 Å². The van der Waals surface area contributed by atoms with E-state index in [9.17, 15) is 14.7 Å². The number of alkyl carbamates (subject to hydrolysis) is 1. The van der Waals surface area contributed by atoms with Crippen LogP contribution in [0.3, 0.4) is 0 Å². The number of nitrogens with one attached hydrogen (secondary N) is 1. The van der Waals surface area contributed by atoms with E-state index in [0.717, 1.165) is 16.7 Å². The molecule has 1 heterocycles. The van der Waals surface area contributed by atoms with Crippen molar-refractivity contribution in [3.05, 3.63) is 175 Å². The van der Waals surface area contributed by atoms with E-state index in [0.29, 0.717) is 17.5 Å². The molecule has 236 valence electrons. The van der Waals surface area contributed by atoms with Crippen LogP contribution in [0.25, 0.3) is 0 Å². The van der Waals surface area contributed by atoms with Crippen LogP contribution in [0.5, 0.6) is 0 Å². The zero-order chi connectivity index (χ0) is 32.2. The molecule has 5 unspecified atom stereocenters. The maximum Gasteiger partial charge on any atom is 0.407 e. The third-order valence-corrected chi connectivity index (χ3v) is 9.89. The van der Waals surface area contributed by atoms with Crippen molar-refractivity contribution in [3.8, 4) is 0 Å². The van der Waals surface area contributed by atoms with Crippen molar-refractivity contribution in [1.29, 1.82) is 0 Å². The Morgan fingerprint density at radius 1 is 0.745 bits per heavy atom. The highest BCUT2D eigenvalue weighted by molar-refractivity contribution is 5.80. The summed E-state index contributed by atoms with van der Waals surface area (Å²) in [5, 5.41) is 12.7. The number of amides is 1. The molecular weight excluding hydrogens is 586 g/mol. The van der Waals surface area contributed by atoms with Crippen LogP contribution in [0.4, 0.5) is 4.79 Å². The van der Waals surface area contributed by atoms with Gasteiger partial charge in [-0.15, -0.1) is 0 Å². The van der Waals surface area contributed by atoms with Gasteiger partial charge in [-0.3, -0.25) is 0 Å². The van der Waals surface area contributed by atoms with Crippen LogP contribution in [0.1, 0.15) is 22.4 Å². The molecule has 3 aliphatic carbocycles. The number of benzene rings is 3. The second kappa shape index (κ2) is 13.1. The minimum Gasteiger partial charge on any atom is -0.480 e. The molecule has 0 bridgehead atoms. The van der Waals surface area contributed by atoms with Crippen LogP contribution in [-0.2, 0) is 21.5 Å². The molecule has 0 radical (unpaired) electrons. The number of fused-ring (bicyclic) bond motifs is 3. The fourth-order valence-corrected chi connectivity index (χ4v) is 7.79. The summed E-state index contributed by atoms with van der Waals surface area (Å²) >= 11 is 0. The molecule has 2 N–H and O–H groups in total. The number of carboxylic acids is 1. The fraction of sp³-hybridized carbons (Fsp3) is 0.225. The molecule has 1 aromatic heterocycles. The van der Waals surface area contributed by atoms with Gasteiger partial charge in [0, 0.05) is 18.5 Å². The Balaban J connectivity index is 1.12. The standard InChI is InChI=1S/C40H37N3O4/c44-38(45)37(42-39(46)47-26-36-34-22-12-10-20-32(34)33-21-11-13-23-35(33)36)24-31-25-43(27-41-31)40(28-14-4-1-5-15-28,29-16-6-2-7-17-29)30-18-8-3-9-19-30/h1-23,25,27,32-37H,24,26H2,(H,42,46)(H,44,45). The van der Waals surface area contributed by atoms with Gasteiger partial charge in [-0.2, -0.15) is 0 Å². The number of aromatic nitrogens is 2. The molecule has 1 fully saturated rings. The monoisotopic (exact) mass is 623 g/mol. The Kier molecular flexibility index (Phi) is 8.44. The maximum atomic E-state index is 13.1. The van der Waals surface area contributed by atoms with Crippen LogP contribution in [0, 0.1) is 29.6 Å². The van der Waals surface area contributed by atoms with E-state index in [-0.39, 0.29) is 30.8 Å². The van der Waals surface area contributed by atoms with E-state index in [1.54, 1.807) is 6.33 Å². The molecule has 1 amide bonds. The highest BCUT2D eigenvalue weighted by Crippen LogP contribution is 2.51. The summed E-state index contributed by atoms with van der Waals surface area (Å²) in [6.07, 6.45) is 20.0. The Morgan fingerprint density at radius 2 is 1.21 bits per heavy atom. The zero-order valence-electron chi connectivity index (χ0n) is 25.9. The zero-order valence-corrected chi connectivity index (χ0v) is 25.9. The van der Waals surface area contributed by atoms with Gasteiger partial charge in [0.2, 0.25) is 0 Å². The van der Waals surface area contributed by atoms with Gasteiger partial charge in [-0.05, 0) is 40.4 Å². The Bertz CT molecular complexity index is 1700. The average molecular weight is 624 g/mol. The first-order valence-corrected chi connectivity index (χ1v) is 16.1. The molecule has 3 aliphatic rings. The number of hydrogen-bond donors (Lipinski definition) is 2. The molecule has 0 aliphatic heterocycles. The number of carbonyl (C=O) groups is 2. The normalized spacial score (nSPS) is 23.1. The predicted molar refractivity (Wildman–Crippen MR) is 180 cm³/mol. The Labute approximate surface area is 274 Å². The summed E-state index contributed by atoms with van der Waals surface area (Å²) in [5.41, 5.74) is 2.84. The number of carboxylic acid groups (broad SMARTS) is 1. The molecule has 4 aromatic rings. The summed E-state index contributed by atoms with van der Waals surface area (Å²) in [6.45, 7) is 0.208. The summed E-state index contributed by atoms with van der Waals surface area (Å²) in [6, 6.07) is 29.3. The number of rotatable bonds is 10. The van der Waals surface area contributed by atoms with Gasteiger partial charge < -0.3 is 19.7 Å². The van der Waals surface area contributed by atoms with Gasteiger partial charge in [0.05, 0.1) is 18.6 Å². The van der Waals surface area contributed by atoms with Crippen molar-refractivity contribution in [2.24, 2.45) is 29.6 Å². The minimum atomic E-state index is -1.22. The molecule has 3 aromatic carbocycles. The van der Waals surface area contributed by atoms with Gasteiger partial charge in [-0.1, -0.05) is 140 Å². The lowest BCUT2D eigenvalue weighted by Crippen LogP contribution is -2.43. The van der Waals surface area contributed by atoms with Crippen molar-refractivity contribution < 1.29 is 19.4 Å². The van der Waals surface area contributed by atoms with Gasteiger partial charge in [0.25, 0.3) is 0 Å². The third-order valence-electron chi connectivity index (χ3n) is 9.89. The fourth-order valence-electron chi connectivity index (χ4n) is 7.79. The van der Waals surface area contributed by atoms with E-state index < -0.39 is 23.6 Å². The van der Waals surface area contributed by atoms with Gasteiger partial charge >= 0.3 is 12.1 Å². The topological polar surface area (TPSA) is 93.5 Å². The van der Waals surface area contributed by atoms with Crippen molar-refractivity contribution in [1.82, 2.24) is 14.9 Å². The second-order valence-corrected chi connectivity index (χ2v) is 12.4. The van der Waals surface area contributed by atoms with Crippen LogP contribution >= 0.6 is 0 Å². The molecular formula is C40H37N3O4. The summed E-state index contributed by atoms with van der Waals surface area (Å²) in [7, 11) is 0. The smallest absolute Gasteiger partial charge is 0.407 e.